The molecule has 1 fully saturated rings. The quantitative estimate of drug-likeness (QED) is 0.682. The second-order valence-electron chi connectivity index (χ2n) is 7.03. The molecule has 0 radical (unpaired) electrons. The topological polar surface area (TPSA) is 54.3 Å². The van der Waals surface area contributed by atoms with Crippen LogP contribution in [0.25, 0.3) is 5.69 Å². The Labute approximate surface area is 169 Å². The minimum absolute atomic E-state index is 0.0278. The molecule has 1 amide bonds. The summed E-state index contributed by atoms with van der Waals surface area (Å²) in [4.78, 5) is 21.9. The predicted octanol–water partition coefficient (Wildman–Crippen LogP) is 3.36. The zero-order valence-electron chi connectivity index (χ0n) is 15.9. The number of aryl methyl sites for hydroxylation is 1. The molecule has 0 aliphatic carbocycles. The number of carbonyl (C=O) groups excluding carboxylic acids is 1. The maximum absolute atomic E-state index is 13.3. The van der Waals surface area contributed by atoms with E-state index >= 15 is 0 Å². The van der Waals surface area contributed by atoms with E-state index in [-0.39, 0.29) is 17.8 Å². The number of rotatable bonds is 3. The lowest BCUT2D eigenvalue weighted by molar-refractivity contribution is 0.0486. The van der Waals surface area contributed by atoms with Crippen LogP contribution < -0.4 is 0 Å². The van der Waals surface area contributed by atoms with Gasteiger partial charge < -0.3 is 9.80 Å². The van der Waals surface area contributed by atoms with Gasteiger partial charge in [-0.3, -0.25) is 4.79 Å². The van der Waals surface area contributed by atoms with Gasteiger partial charge in [0.15, 0.2) is 0 Å². The van der Waals surface area contributed by atoms with Crippen LogP contribution in [0.2, 0.25) is 5.02 Å². The molecule has 1 atom stereocenters. The second kappa shape index (κ2) is 7.73. The molecule has 28 heavy (non-hydrogen) atoms. The van der Waals surface area contributed by atoms with Crippen LogP contribution in [0, 0.1) is 6.92 Å². The molecule has 1 aromatic heterocycles. The minimum Gasteiger partial charge on any atom is -0.326 e. The zero-order chi connectivity index (χ0) is 19.7. The number of benzene rings is 2. The third-order valence-corrected chi connectivity index (χ3v) is 5.39. The molecule has 1 unspecified atom stereocenters. The normalized spacial score (nSPS) is 17.7. The van der Waals surface area contributed by atoms with Gasteiger partial charge in [0.2, 0.25) is 5.82 Å². The molecule has 0 bridgehead atoms. The van der Waals surface area contributed by atoms with Crippen molar-refractivity contribution in [3.05, 3.63) is 76.8 Å². The summed E-state index contributed by atoms with van der Waals surface area (Å²) >= 11 is 6.30. The van der Waals surface area contributed by atoms with E-state index in [1.165, 1.54) is 0 Å². The van der Waals surface area contributed by atoms with E-state index in [0.717, 1.165) is 18.7 Å². The number of piperazine rings is 1. The van der Waals surface area contributed by atoms with Gasteiger partial charge in [-0.15, -0.1) is 5.10 Å². The molecule has 0 N–H and O–H groups in total. The Morgan fingerprint density at radius 2 is 1.79 bits per heavy atom. The highest BCUT2D eigenvalue weighted by molar-refractivity contribution is 6.32. The molecule has 1 aliphatic heterocycles. The highest BCUT2D eigenvalue weighted by atomic mass is 35.5. The number of hydrogen-bond donors (Lipinski definition) is 0. The highest BCUT2D eigenvalue weighted by Gasteiger charge is 2.33. The third-order valence-electron chi connectivity index (χ3n) is 5.07. The molecule has 6 nitrogen and oxygen atoms in total. The van der Waals surface area contributed by atoms with E-state index in [1.54, 1.807) is 10.7 Å². The van der Waals surface area contributed by atoms with Crippen LogP contribution in [0.5, 0.6) is 0 Å². The minimum atomic E-state index is -0.157. The average Bonchev–Trinajstić information content (AvgIpc) is 3.10. The fourth-order valence-electron chi connectivity index (χ4n) is 3.58. The first-order valence-corrected chi connectivity index (χ1v) is 9.65. The molecule has 144 valence electrons. The van der Waals surface area contributed by atoms with Crippen LogP contribution in [0.4, 0.5) is 0 Å². The van der Waals surface area contributed by atoms with Crippen molar-refractivity contribution >= 4 is 17.5 Å². The Morgan fingerprint density at radius 3 is 2.54 bits per heavy atom. The lowest BCUT2D eigenvalue weighted by Gasteiger charge is -2.39. The summed E-state index contributed by atoms with van der Waals surface area (Å²) in [6, 6.07) is 17.5. The summed E-state index contributed by atoms with van der Waals surface area (Å²) in [5.41, 5.74) is 1.83. The summed E-state index contributed by atoms with van der Waals surface area (Å²) in [7, 11) is 2.08. The fraction of sp³-hybridized carbons (Fsp3) is 0.286. The number of halogens is 1. The van der Waals surface area contributed by atoms with Crippen molar-refractivity contribution in [1.29, 1.82) is 0 Å². The first kappa shape index (κ1) is 18.7. The molecular weight excluding hydrogens is 374 g/mol. The molecule has 0 saturated carbocycles. The van der Waals surface area contributed by atoms with Crippen LogP contribution in [0.1, 0.15) is 28.0 Å². The molecule has 2 aromatic carbocycles. The summed E-state index contributed by atoms with van der Waals surface area (Å²) in [5, 5.41) is 5.05. The number of hydrogen-bond acceptors (Lipinski definition) is 4. The number of para-hydroxylation sites is 1. The van der Waals surface area contributed by atoms with Gasteiger partial charge in [0, 0.05) is 19.6 Å². The van der Waals surface area contributed by atoms with Crippen molar-refractivity contribution < 1.29 is 4.79 Å². The smallest absolute Gasteiger partial charge is 0.294 e. The van der Waals surface area contributed by atoms with Gasteiger partial charge in [-0.05, 0) is 31.7 Å². The van der Waals surface area contributed by atoms with E-state index in [9.17, 15) is 4.79 Å². The van der Waals surface area contributed by atoms with Gasteiger partial charge >= 0.3 is 0 Å². The maximum atomic E-state index is 13.3. The number of nitrogens with zero attached hydrogens (tertiary/aromatic N) is 5. The molecule has 4 rings (SSSR count). The van der Waals surface area contributed by atoms with Crippen molar-refractivity contribution in [2.24, 2.45) is 0 Å². The van der Waals surface area contributed by atoms with Crippen LogP contribution in [0.3, 0.4) is 0 Å². The zero-order valence-corrected chi connectivity index (χ0v) is 16.7. The van der Waals surface area contributed by atoms with E-state index in [2.05, 4.69) is 34.2 Å². The van der Waals surface area contributed by atoms with Crippen molar-refractivity contribution in [3.63, 3.8) is 0 Å². The Balaban J connectivity index is 1.67. The number of carbonyl (C=O) groups is 1. The fourth-order valence-corrected chi connectivity index (χ4v) is 3.80. The molecular formula is C21H22ClN5O. The lowest BCUT2D eigenvalue weighted by Crippen LogP contribution is -2.49. The number of aromatic nitrogens is 3. The summed E-state index contributed by atoms with van der Waals surface area (Å²) < 4.78 is 1.63. The van der Waals surface area contributed by atoms with Gasteiger partial charge in [0.05, 0.1) is 16.8 Å². The second-order valence-corrected chi connectivity index (χ2v) is 7.44. The Bertz CT molecular complexity index is 987. The van der Waals surface area contributed by atoms with Gasteiger partial charge in [-0.2, -0.15) is 0 Å². The predicted molar refractivity (Wildman–Crippen MR) is 109 cm³/mol. The Morgan fingerprint density at radius 1 is 1.07 bits per heavy atom. The third kappa shape index (κ3) is 3.53. The molecule has 2 heterocycles. The molecule has 1 saturated heterocycles. The standard InChI is InChI=1S/C21H22ClN5O/c1-15-23-20(24-27(15)18-11-7-6-10-17(18)22)21(28)26-13-12-25(2)14-19(26)16-8-4-3-5-9-16/h3-11,19H,12-14H2,1-2H3. The van der Waals surface area contributed by atoms with Crippen LogP contribution in [-0.4, -0.2) is 57.2 Å². The van der Waals surface area contributed by atoms with Crippen LogP contribution in [0.15, 0.2) is 54.6 Å². The first-order valence-electron chi connectivity index (χ1n) is 9.27. The van der Waals surface area contributed by atoms with Crippen molar-refractivity contribution in [2.75, 3.05) is 26.7 Å². The van der Waals surface area contributed by atoms with Crippen molar-refractivity contribution in [2.45, 2.75) is 13.0 Å². The number of likely N-dealkylation sites (N-methyl/N-ethyl adjacent to an activating group) is 1. The van der Waals surface area contributed by atoms with E-state index < -0.39 is 0 Å². The van der Waals surface area contributed by atoms with Crippen LogP contribution >= 0.6 is 11.6 Å². The van der Waals surface area contributed by atoms with Crippen molar-refractivity contribution in [3.8, 4) is 5.69 Å². The van der Waals surface area contributed by atoms with Gasteiger partial charge in [-0.25, -0.2) is 9.67 Å². The first-order chi connectivity index (χ1) is 13.5. The largest absolute Gasteiger partial charge is 0.326 e. The molecule has 1 aliphatic rings. The van der Waals surface area contributed by atoms with E-state index in [1.807, 2.05) is 48.2 Å². The van der Waals surface area contributed by atoms with Gasteiger partial charge in [0.1, 0.15) is 5.82 Å². The molecule has 7 heteroatoms. The SMILES string of the molecule is Cc1nc(C(=O)N2CCN(C)CC2c2ccccc2)nn1-c1ccccc1Cl. The maximum Gasteiger partial charge on any atom is 0.294 e. The van der Waals surface area contributed by atoms with Gasteiger partial charge in [0.25, 0.3) is 5.91 Å². The average molecular weight is 396 g/mol. The Kier molecular flexibility index (Phi) is 5.15. The number of amides is 1. The van der Waals surface area contributed by atoms with Gasteiger partial charge in [-0.1, -0.05) is 54.1 Å². The molecule has 3 aromatic rings. The van der Waals surface area contributed by atoms with E-state index in [4.69, 9.17) is 11.6 Å². The summed E-state index contributed by atoms with van der Waals surface area (Å²) in [5.74, 6) is 0.667. The monoisotopic (exact) mass is 395 g/mol. The van der Waals surface area contributed by atoms with E-state index in [0.29, 0.717) is 23.1 Å². The Hall–Kier alpha value is -2.70. The highest BCUT2D eigenvalue weighted by Crippen LogP contribution is 2.27. The summed E-state index contributed by atoms with van der Waals surface area (Å²) in [6.45, 7) is 4.06. The summed E-state index contributed by atoms with van der Waals surface area (Å²) in [6.07, 6.45) is 0. The lowest BCUT2D eigenvalue weighted by atomic mass is 10.0. The van der Waals surface area contributed by atoms with Crippen molar-refractivity contribution in [1.82, 2.24) is 24.6 Å². The van der Waals surface area contributed by atoms with Crippen LogP contribution in [-0.2, 0) is 0 Å². The molecule has 0 spiro atoms.